The molecule has 4 rings (SSSR count). The van der Waals surface area contributed by atoms with Gasteiger partial charge in [0.2, 0.25) is 0 Å². The molecule has 1 aliphatic carbocycles. The average Bonchev–Trinajstić information content (AvgIpc) is 2.96. The molecule has 1 unspecified atom stereocenters. The van der Waals surface area contributed by atoms with Crippen LogP contribution in [0.5, 0.6) is 0 Å². The summed E-state index contributed by atoms with van der Waals surface area (Å²) in [6, 6.07) is 8.45. The van der Waals surface area contributed by atoms with Gasteiger partial charge < -0.3 is 10.3 Å². The number of nitro benzene ring substituents is 1. The van der Waals surface area contributed by atoms with Gasteiger partial charge in [0.25, 0.3) is 11.2 Å². The normalized spacial score (nSPS) is 16.0. The largest absolute Gasteiger partial charge is 0.373 e. The van der Waals surface area contributed by atoms with E-state index < -0.39 is 10.5 Å². The van der Waals surface area contributed by atoms with Crippen LogP contribution in [0.3, 0.4) is 0 Å². The Morgan fingerprint density at radius 1 is 1.32 bits per heavy atom. The van der Waals surface area contributed by atoms with Crippen LogP contribution < -0.4 is 10.9 Å². The van der Waals surface area contributed by atoms with Crippen LogP contribution in [0.4, 0.5) is 11.4 Å². The number of hydrogen-bond acceptors (Lipinski definition) is 5. The highest BCUT2D eigenvalue weighted by molar-refractivity contribution is 6.30. The van der Waals surface area contributed by atoms with Gasteiger partial charge in [0, 0.05) is 11.1 Å². The lowest BCUT2D eigenvalue weighted by atomic mass is 10.1. The van der Waals surface area contributed by atoms with Crippen LogP contribution in [0.15, 0.2) is 41.5 Å². The van der Waals surface area contributed by atoms with Crippen molar-refractivity contribution < 1.29 is 4.92 Å². The second-order valence-electron chi connectivity index (χ2n) is 5.95. The first-order valence-corrected chi connectivity index (χ1v) is 8.11. The lowest BCUT2D eigenvalue weighted by Gasteiger charge is -2.16. The molecular formula is C17H13ClN4O3. The van der Waals surface area contributed by atoms with Crippen LogP contribution in [0, 0.1) is 10.1 Å². The van der Waals surface area contributed by atoms with Crippen LogP contribution in [0.1, 0.15) is 23.6 Å². The number of anilines is 1. The Morgan fingerprint density at radius 3 is 2.96 bits per heavy atom. The van der Waals surface area contributed by atoms with E-state index in [4.69, 9.17) is 11.6 Å². The molecule has 25 heavy (non-hydrogen) atoms. The summed E-state index contributed by atoms with van der Waals surface area (Å²) in [5.74, 6) is 0. The van der Waals surface area contributed by atoms with Crippen molar-refractivity contribution in [3.8, 4) is 0 Å². The van der Waals surface area contributed by atoms with E-state index in [-0.39, 0.29) is 17.1 Å². The molecule has 2 N–H and O–H groups in total. The molecule has 0 saturated heterocycles. The van der Waals surface area contributed by atoms with Gasteiger partial charge in [-0.3, -0.25) is 14.9 Å². The zero-order valence-corrected chi connectivity index (χ0v) is 13.7. The monoisotopic (exact) mass is 356 g/mol. The quantitative estimate of drug-likeness (QED) is 0.551. The number of nitrogens with one attached hydrogen (secondary N) is 2. The number of aromatic nitrogens is 2. The Labute approximate surface area is 146 Å². The number of aromatic amines is 1. The molecule has 2 aromatic carbocycles. The summed E-state index contributed by atoms with van der Waals surface area (Å²) < 4.78 is 0. The third kappa shape index (κ3) is 2.72. The third-order valence-electron chi connectivity index (χ3n) is 4.47. The molecule has 1 atom stereocenters. The molecule has 3 aromatic rings. The summed E-state index contributed by atoms with van der Waals surface area (Å²) in [5.41, 5.74) is 2.43. The minimum absolute atomic E-state index is 0.0505. The fourth-order valence-electron chi connectivity index (χ4n) is 3.29. The highest BCUT2D eigenvalue weighted by atomic mass is 35.5. The van der Waals surface area contributed by atoms with E-state index in [1.807, 2.05) is 18.2 Å². The van der Waals surface area contributed by atoms with Crippen LogP contribution in [-0.4, -0.2) is 14.9 Å². The fourth-order valence-corrected chi connectivity index (χ4v) is 3.49. The zero-order chi connectivity index (χ0) is 17.6. The molecule has 0 radical (unpaired) electrons. The van der Waals surface area contributed by atoms with Crippen LogP contribution in [0.2, 0.25) is 5.02 Å². The molecule has 0 amide bonds. The number of halogens is 1. The van der Waals surface area contributed by atoms with Crippen molar-refractivity contribution in [3.05, 3.63) is 73.3 Å². The van der Waals surface area contributed by atoms with Crippen LogP contribution in [-0.2, 0) is 6.42 Å². The molecule has 7 nitrogen and oxygen atoms in total. The van der Waals surface area contributed by atoms with Crippen molar-refractivity contribution in [2.75, 3.05) is 5.32 Å². The van der Waals surface area contributed by atoms with Crippen LogP contribution in [0.25, 0.3) is 10.9 Å². The van der Waals surface area contributed by atoms with E-state index in [1.165, 1.54) is 12.4 Å². The van der Waals surface area contributed by atoms with Crippen molar-refractivity contribution in [3.63, 3.8) is 0 Å². The van der Waals surface area contributed by atoms with E-state index in [0.717, 1.165) is 24.0 Å². The number of hydrogen-bond donors (Lipinski definition) is 2. The SMILES string of the molecule is O=c1[nH]cnc2cc(NC3CCc4cc(Cl)ccc43)c([N+](=O)[O-])cc12. The molecule has 0 fully saturated rings. The van der Waals surface area contributed by atoms with Gasteiger partial charge >= 0.3 is 0 Å². The van der Waals surface area contributed by atoms with Crippen molar-refractivity contribution in [1.29, 1.82) is 0 Å². The molecule has 0 spiro atoms. The maximum Gasteiger partial charge on any atom is 0.293 e. The highest BCUT2D eigenvalue weighted by Gasteiger charge is 2.26. The van der Waals surface area contributed by atoms with Crippen molar-refractivity contribution in [1.82, 2.24) is 9.97 Å². The summed E-state index contributed by atoms with van der Waals surface area (Å²) in [6.45, 7) is 0. The van der Waals surface area contributed by atoms with E-state index >= 15 is 0 Å². The van der Waals surface area contributed by atoms with Gasteiger partial charge in [0.05, 0.1) is 28.2 Å². The standard InChI is InChI=1S/C17H13ClN4O3/c18-10-2-3-11-9(5-10)1-4-13(11)21-15-7-14-12(6-16(15)22(24)25)17(23)20-8-19-14/h2-3,5-8,13,21H,1,4H2,(H,19,20,23). The molecule has 1 aliphatic rings. The van der Waals surface area contributed by atoms with Crippen molar-refractivity contribution in [2.24, 2.45) is 0 Å². The molecule has 1 heterocycles. The van der Waals surface area contributed by atoms with Crippen molar-refractivity contribution in [2.45, 2.75) is 18.9 Å². The number of nitro groups is 1. The Morgan fingerprint density at radius 2 is 2.16 bits per heavy atom. The molecule has 1 aromatic heterocycles. The fraction of sp³-hybridized carbons (Fsp3) is 0.176. The summed E-state index contributed by atoms with van der Waals surface area (Å²) in [4.78, 5) is 29.3. The van der Waals surface area contributed by atoms with E-state index in [0.29, 0.717) is 16.2 Å². The van der Waals surface area contributed by atoms with Gasteiger partial charge in [-0.25, -0.2) is 4.98 Å². The molecular weight excluding hydrogens is 344 g/mol. The first-order valence-electron chi connectivity index (χ1n) is 7.73. The van der Waals surface area contributed by atoms with Gasteiger partial charge in [0.1, 0.15) is 5.69 Å². The second-order valence-corrected chi connectivity index (χ2v) is 6.39. The summed E-state index contributed by atoms with van der Waals surface area (Å²) in [7, 11) is 0. The maximum atomic E-state index is 11.9. The number of H-pyrrole nitrogens is 1. The van der Waals surface area contributed by atoms with Gasteiger partial charge in [-0.2, -0.15) is 0 Å². The number of nitrogens with zero attached hydrogens (tertiary/aromatic N) is 2. The summed E-state index contributed by atoms with van der Waals surface area (Å²) >= 11 is 6.03. The molecule has 0 saturated carbocycles. The Bertz CT molecular complexity index is 1060. The maximum absolute atomic E-state index is 11.9. The average molecular weight is 357 g/mol. The van der Waals surface area contributed by atoms with Crippen LogP contribution >= 0.6 is 11.6 Å². The summed E-state index contributed by atoms with van der Waals surface area (Å²) in [5, 5.41) is 15.6. The number of rotatable bonds is 3. The topological polar surface area (TPSA) is 101 Å². The Kier molecular flexibility index (Phi) is 3.65. The van der Waals surface area contributed by atoms with Gasteiger partial charge in [0.15, 0.2) is 0 Å². The highest BCUT2D eigenvalue weighted by Crippen LogP contribution is 2.38. The van der Waals surface area contributed by atoms with Gasteiger partial charge in [-0.05, 0) is 42.2 Å². The Balaban J connectivity index is 1.79. The predicted molar refractivity (Wildman–Crippen MR) is 95.2 cm³/mol. The minimum atomic E-state index is -0.494. The first kappa shape index (κ1) is 15.6. The first-order chi connectivity index (χ1) is 12.0. The third-order valence-corrected chi connectivity index (χ3v) is 4.70. The molecule has 8 heteroatoms. The Hall–Kier alpha value is -2.93. The second kappa shape index (κ2) is 5.86. The van der Waals surface area contributed by atoms with Crippen molar-refractivity contribution >= 4 is 33.9 Å². The van der Waals surface area contributed by atoms with E-state index in [9.17, 15) is 14.9 Å². The lowest BCUT2D eigenvalue weighted by molar-refractivity contribution is -0.383. The smallest absolute Gasteiger partial charge is 0.293 e. The van der Waals surface area contributed by atoms with E-state index in [1.54, 1.807) is 6.07 Å². The summed E-state index contributed by atoms with van der Waals surface area (Å²) in [6.07, 6.45) is 2.95. The molecule has 0 aliphatic heterocycles. The van der Waals surface area contributed by atoms with E-state index in [2.05, 4.69) is 15.3 Å². The molecule has 126 valence electrons. The van der Waals surface area contributed by atoms with Gasteiger partial charge in [-0.1, -0.05) is 17.7 Å². The zero-order valence-electron chi connectivity index (χ0n) is 13.0. The lowest BCUT2D eigenvalue weighted by Crippen LogP contribution is -2.11. The number of benzene rings is 2. The number of aryl methyl sites for hydroxylation is 1. The molecule has 0 bridgehead atoms. The number of fused-ring (bicyclic) bond motifs is 2. The minimum Gasteiger partial charge on any atom is -0.373 e. The van der Waals surface area contributed by atoms with Gasteiger partial charge in [-0.15, -0.1) is 0 Å². The predicted octanol–water partition coefficient (Wildman–Crippen LogP) is 3.58.